The Hall–Kier alpha value is -2.24. The number of ether oxygens (including phenoxy) is 1. The number of carboxylic acid groups (broad SMARTS) is 1. The van der Waals surface area contributed by atoms with Crippen molar-refractivity contribution < 1.29 is 29.6 Å². The Bertz CT molecular complexity index is 547. The summed E-state index contributed by atoms with van der Waals surface area (Å²) < 4.78 is 4.55. The summed E-state index contributed by atoms with van der Waals surface area (Å²) in [5.74, 6) is -2.46. The Labute approximate surface area is 115 Å². The Balaban J connectivity index is 2.43. The van der Waals surface area contributed by atoms with Crippen LogP contribution in [0.5, 0.6) is 11.5 Å². The second kappa shape index (κ2) is 5.40. The zero-order chi connectivity index (χ0) is 14.9. The standard InChI is InChI=1S/C14H16O6/c1-20-14(19)10-4-9(11(15)6-12(10)16)8(5-13(17)18)7-2-3-7/h4,6-8,15-16H,2-3,5H2,1H3,(H,17,18). The van der Waals surface area contributed by atoms with Crippen molar-refractivity contribution in [3.05, 3.63) is 23.3 Å². The SMILES string of the molecule is COC(=O)c1cc(C(CC(=O)O)C2CC2)c(O)cc1O. The van der Waals surface area contributed by atoms with Gasteiger partial charge < -0.3 is 20.1 Å². The second-order valence-electron chi connectivity index (χ2n) is 4.96. The average Bonchev–Trinajstić information content (AvgIpc) is 3.20. The van der Waals surface area contributed by atoms with Gasteiger partial charge in [-0.2, -0.15) is 0 Å². The van der Waals surface area contributed by atoms with Crippen molar-refractivity contribution in [2.75, 3.05) is 7.11 Å². The third-order valence-electron chi connectivity index (χ3n) is 3.54. The molecule has 1 aliphatic rings. The van der Waals surface area contributed by atoms with E-state index in [2.05, 4.69) is 4.74 Å². The fourth-order valence-corrected chi connectivity index (χ4v) is 2.38. The summed E-state index contributed by atoms with van der Waals surface area (Å²) in [5.41, 5.74) is 0.296. The highest BCUT2D eigenvalue weighted by Gasteiger charge is 2.36. The minimum atomic E-state index is -0.964. The van der Waals surface area contributed by atoms with Gasteiger partial charge in [0.15, 0.2) is 0 Å². The summed E-state index contributed by atoms with van der Waals surface area (Å²) in [6, 6.07) is 2.38. The normalized spacial score (nSPS) is 15.7. The Kier molecular flexibility index (Phi) is 3.83. The van der Waals surface area contributed by atoms with Gasteiger partial charge in [0.2, 0.25) is 0 Å². The number of carboxylic acids is 1. The van der Waals surface area contributed by atoms with Crippen LogP contribution in [0.1, 0.15) is 41.1 Å². The molecule has 0 heterocycles. The largest absolute Gasteiger partial charge is 0.508 e. The van der Waals surface area contributed by atoms with Gasteiger partial charge in [0, 0.05) is 12.0 Å². The van der Waals surface area contributed by atoms with Crippen LogP contribution < -0.4 is 0 Å². The van der Waals surface area contributed by atoms with Crippen LogP contribution in [0.2, 0.25) is 0 Å². The number of aromatic hydroxyl groups is 2. The van der Waals surface area contributed by atoms with Gasteiger partial charge in [-0.3, -0.25) is 4.79 Å². The Morgan fingerprint density at radius 2 is 1.95 bits per heavy atom. The van der Waals surface area contributed by atoms with Crippen molar-refractivity contribution in [1.82, 2.24) is 0 Å². The molecule has 0 aliphatic heterocycles. The lowest BCUT2D eigenvalue weighted by atomic mass is 9.89. The van der Waals surface area contributed by atoms with Crippen molar-refractivity contribution in [3.63, 3.8) is 0 Å². The van der Waals surface area contributed by atoms with Crippen molar-refractivity contribution in [3.8, 4) is 11.5 Å². The van der Waals surface area contributed by atoms with Crippen LogP contribution in [0.25, 0.3) is 0 Å². The van der Waals surface area contributed by atoms with Crippen LogP contribution >= 0.6 is 0 Å². The number of esters is 1. The first-order valence-electron chi connectivity index (χ1n) is 6.30. The molecule has 0 aromatic heterocycles. The molecule has 20 heavy (non-hydrogen) atoms. The Morgan fingerprint density at radius 3 is 2.45 bits per heavy atom. The molecule has 1 fully saturated rings. The van der Waals surface area contributed by atoms with E-state index in [9.17, 15) is 19.8 Å². The number of rotatable bonds is 5. The third-order valence-corrected chi connectivity index (χ3v) is 3.54. The van der Waals surface area contributed by atoms with Crippen LogP contribution in [0.4, 0.5) is 0 Å². The molecule has 1 saturated carbocycles. The first-order valence-corrected chi connectivity index (χ1v) is 6.30. The molecule has 1 aliphatic carbocycles. The zero-order valence-corrected chi connectivity index (χ0v) is 11.0. The van der Waals surface area contributed by atoms with E-state index in [0.29, 0.717) is 5.56 Å². The van der Waals surface area contributed by atoms with Crippen molar-refractivity contribution >= 4 is 11.9 Å². The molecule has 2 rings (SSSR count). The van der Waals surface area contributed by atoms with Crippen molar-refractivity contribution in [1.29, 1.82) is 0 Å². The molecule has 0 saturated heterocycles. The van der Waals surface area contributed by atoms with E-state index in [1.807, 2.05) is 0 Å². The van der Waals surface area contributed by atoms with E-state index in [-0.39, 0.29) is 35.3 Å². The van der Waals surface area contributed by atoms with E-state index in [1.165, 1.54) is 13.2 Å². The predicted molar refractivity (Wildman–Crippen MR) is 68.8 cm³/mol. The first-order chi connectivity index (χ1) is 9.43. The molecular formula is C14H16O6. The number of benzene rings is 1. The lowest BCUT2D eigenvalue weighted by Crippen LogP contribution is -2.10. The van der Waals surface area contributed by atoms with Gasteiger partial charge in [0.25, 0.3) is 0 Å². The molecule has 6 nitrogen and oxygen atoms in total. The van der Waals surface area contributed by atoms with Crippen LogP contribution in [-0.4, -0.2) is 34.4 Å². The van der Waals surface area contributed by atoms with Gasteiger partial charge in [0.05, 0.1) is 13.5 Å². The molecule has 1 unspecified atom stereocenters. The number of carbonyl (C=O) groups is 2. The predicted octanol–water partition coefficient (Wildman–Crippen LogP) is 1.85. The minimum absolute atomic E-state index is 0.0728. The fourth-order valence-electron chi connectivity index (χ4n) is 2.38. The van der Waals surface area contributed by atoms with E-state index in [1.54, 1.807) is 0 Å². The van der Waals surface area contributed by atoms with Gasteiger partial charge in [-0.05, 0) is 30.4 Å². The van der Waals surface area contributed by atoms with Crippen LogP contribution in [0.15, 0.2) is 12.1 Å². The average molecular weight is 280 g/mol. The number of aliphatic carboxylic acids is 1. The molecule has 108 valence electrons. The molecule has 6 heteroatoms. The maximum atomic E-state index is 11.5. The second-order valence-corrected chi connectivity index (χ2v) is 4.96. The van der Waals surface area contributed by atoms with Gasteiger partial charge in [-0.25, -0.2) is 4.79 Å². The van der Waals surface area contributed by atoms with E-state index < -0.39 is 11.9 Å². The highest BCUT2D eigenvalue weighted by Crippen LogP contribution is 2.47. The minimum Gasteiger partial charge on any atom is -0.508 e. The van der Waals surface area contributed by atoms with Gasteiger partial charge in [-0.1, -0.05) is 0 Å². The zero-order valence-electron chi connectivity index (χ0n) is 11.0. The molecule has 3 N–H and O–H groups in total. The number of hydrogen-bond donors (Lipinski definition) is 3. The van der Waals surface area contributed by atoms with Gasteiger partial charge in [0.1, 0.15) is 17.1 Å². The fraction of sp³-hybridized carbons (Fsp3) is 0.429. The number of methoxy groups -OCH3 is 1. The lowest BCUT2D eigenvalue weighted by molar-refractivity contribution is -0.137. The van der Waals surface area contributed by atoms with Crippen LogP contribution in [0, 0.1) is 5.92 Å². The summed E-state index contributed by atoms with van der Waals surface area (Å²) in [7, 11) is 1.18. The van der Waals surface area contributed by atoms with Gasteiger partial charge >= 0.3 is 11.9 Å². The first kappa shape index (κ1) is 14.2. The van der Waals surface area contributed by atoms with Crippen LogP contribution in [0.3, 0.4) is 0 Å². The highest BCUT2D eigenvalue weighted by molar-refractivity contribution is 5.93. The number of phenolic OH excluding ortho intramolecular Hbond substituents is 2. The van der Waals surface area contributed by atoms with Crippen LogP contribution in [-0.2, 0) is 9.53 Å². The molecule has 0 spiro atoms. The third kappa shape index (κ3) is 2.84. The maximum absolute atomic E-state index is 11.5. The van der Waals surface area contributed by atoms with Crippen molar-refractivity contribution in [2.45, 2.75) is 25.2 Å². The highest BCUT2D eigenvalue weighted by atomic mass is 16.5. The summed E-state index contributed by atoms with van der Waals surface area (Å²) in [6.07, 6.45) is 1.67. The molecule has 1 atom stereocenters. The monoisotopic (exact) mass is 280 g/mol. The molecule has 0 amide bonds. The number of carbonyl (C=O) groups excluding carboxylic acids is 1. The quantitative estimate of drug-likeness (QED) is 0.711. The lowest BCUT2D eigenvalue weighted by Gasteiger charge is -2.17. The van der Waals surface area contributed by atoms with E-state index in [4.69, 9.17) is 5.11 Å². The molecule has 0 bridgehead atoms. The summed E-state index contributed by atoms with van der Waals surface area (Å²) in [6.45, 7) is 0. The Morgan fingerprint density at radius 1 is 1.30 bits per heavy atom. The topological polar surface area (TPSA) is 104 Å². The van der Waals surface area contributed by atoms with E-state index >= 15 is 0 Å². The summed E-state index contributed by atoms with van der Waals surface area (Å²) in [4.78, 5) is 22.5. The summed E-state index contributed by atoms with van der Waals surface area (Å²) >= 11 is 0. The number of phenols is 2. The molecule has 1 aromatic carbocycles. The van der Waals surface area contributed by atoms with E-state index in [0.717, 1.165) is 18.9 Å². The maximum Gasteiger partial charge on any atom is 0.341 e. The molecule has 1 aromatic rings. The number of hydrogen-bond acceptors (Lipinski definition) is 5. The smallest absolute Gasteiger partial charge is 0.341 e. The summed E-state index contributed by atoms with van der Waals surface area (Å²) in [5, 5.41) is 28.6. The van der Waals surface area contributed by atoms with Crippen molar-refractivity contribution in [2.24, 2.45) is 5.92 Å². The molecule has 0 radical (unpaired) electrons. The molecular weight excluding hydrogens is 264 g/mol. The van der Waals surface area contributed by atoms with Gasteiger partial charge in [-0.15, -0.1) is 0 Å².